The minimum absolute atomic E-state index is 0.00592. The zero-order valence-corrected chi connectivity index (χ0v) is 21.2. The van der Waals surface area contributed by atoms with E-state index in [1.165, 1.54) is 18.7 Å². The first-order chi connectivity index (χ1) is 17.5. The van der Waals surface area contributed by atoms with Crippen molar-refractivity contribution < 1.29 is 44.3 Å². The molecule has 1 saturated heterocycles. The van der Waals surface area contributed by atoms with Crippen LogP contribution in [-0.4, -0.2) is 64.9 Å². The Morgan fingerprint density at radius 1 is 1.11 bits per heavy atom. The summed E-state index contributed by atoms with van der Waals surface area (Å²) in [5.41, 5.74) is -5.22. The molecule has 1 aliphatic heterocycles. The predicted molar refractivity (Wildman–Crippen MR) is 121 cm³/mol. The van der Waals surface area contributed by atoms with Crippen LogP contribution in [0.15, 0.2) is 34.5 Å². The Hall–Kier alpha value is -2.76. The molecule has 2 atom stereocenters. The molecule has 3 heterocycles. The van der Waals surface area contributed by atoms with Crippen molar-refractivity contribution in [3.05, 3.63) is 58.2 Å². The van der Waals surface area contributed by atoms with Gasteiger partial charge >= 0.3 is 12.4 Å². The third kappa shape index (κ3) is 4.87. The normalized spacial score (nSPS) is 19.5. The minimum Gasteiger partial charge on any atom is -0.369 e. The Balaban J connectivity index is 1.62. The number of benzene rings is 1. The second kappa shape index (κ2) is 9.46. The second-order valence-corrected chi connectivity index (χ2v) is 11.8. The van der Waals surface area contributed by atoms with Crippen LogP contribution >= 0.6 is 11.3 Å². The van der Waals surface area contributed by atoms with E-state index in [1.807, 2.05) is 0 Å². The molecule has 17 heteroatoms. The molecule has 4 rings (SSSR count). The predicted octanol–water partition coefficient (Wildman–Crippen LogP) is 4.03. The lowest BCUT2D eigenvalue weighted by Crippen LogP contribution is -2.54. The molecule has 208 valence electrons. The van der Waals surface area contributed by atoms with Gasteiger partial charge in [0.2, 0.25) is 0 Å². The van der Waals surface area contributed by atoms with Crippen molar-refractivity contribution in [2.75, 3.05) is 24.5 Å². The van der Waals surface area contributed by atoms with Crippen LogP contribution < -0.4 is 4.90 Å². The first-order valence-corrected chi connectivity index (χ1v) is 13.1. The molecule has 38 heavy (non-hydrogen) atoms. The number of H-pyrrole nitrogens is 1. The topological polar surface area (TPSA) is 102 Å². The third-order valence-electron chi connectivity index (χ3n) is 6.00. The van der Waals surface area contributed by atoms with Gasteiger partial charge < -0.3 is 10.0 Å². The Labute approximate surface area is 215 Å². The molecular formula is C21H20F7N5O3S2. The van der Waals surface area contributed by atoms with Gasteiger partial charge in [-0.1, -0.05) is 0 Å². The van der Waals surface area contributed by atoms with Gasteiger partial charge in [-0.2, -0.15) is 35.7 Å². The summed E-state index contributed by atoms with van der Waals surface area (Å²) >= 11 is 0.180. The molecule has 0 bridgehead atoms. The summed E-state index contributed by atoms with van der Waals surface area (Å²) in [6.07, 6.45) is -10.1. The molecule has 0 aliphatic carbocycles. The molecule has 0 saturated carbocycles. The average molecular weight is 588 g/mol. The monoisotopic (exact) mass is 587 g/mol. The highest BCUT2D eigenvalue weighted by Crippen LogP contribution is 2.46. The van der Waals surface area contributed by atoms with Crippen molar-refractivity contribution in [2.45, 2.75) is 42.1 Å². The van der Waals surface area contributed by atoms with Gasteiger partial charge in [0.25, 0.3) is 15.6 Å². The second-order valence-electron chi connectivity index (χ2n) is 8.64. The molecule has 1 aromatic carbocycles. The van der Waals surface area contributed by atoms with E-state index in [-0.39, 0.29) is 42.5 Å². The SMILES string of the molecule is Cc1nc(C(O)(c2ccc(S(=O)(=O)N3CCN(c4ccc(F)cc4C(F)(F)F)C[C@H]3C)s2)C(F)(F)F)n[nH]1. The fourth-order valence-electron chi connectivity index (χ4n) is 4.18. The number of hydrogen-bond donors (Lipinski definition) is 2. The van der Waals surface area contributed by atoms with Crippen LogP contribution in [0.2, 0.25) is 0 Å². The summed E-state index contributed by atoms with van der Waals surface area (Å²) < 4.78 is 123. The lowest BCUT2D eigenvalue weighted by Gasteiger charge is -2.40. The van der Waals surface area contributed by atoms with E-state index in [0.717, 1.165) is 28.6 Å². The highest BCUT2D eigenvalue weighted by atomic mass is 32.2. The highest BCUT2D eigenvalue weighted by Gasteiger charge is 2.60. The number of aromatic nitrogens is 3. The maximum atomic E-state index is 13.9. The van der Waals surface area contributed by atoms with Crippen LogP contribution in [0.4, 0.5) is 36.4 Å². The lowest BCUT2D eigenvalue weighted by molar-refractivity contribution is -0.249. The average Bonchev–Trinajstić information content (AvgIpc) is 3.47. The smallest absolute Gasteiger partial charge is 0.369 e. The summed E-state index contributed by atoms with van der Waals surface area (Å²) in [5.74, 6) is -2.09. The minimum atomic E-state index is -5.29. The summed E-state index contributed by atoms with van der Waals surface area (Å²) in [6.45, 7) is 2.06. The quantitative estimate of drug-likeness (QED) is 0.438. The van der Waals surface area contributed by atoms with Gasteiger partial charge in [-0.3, -0.25) is 5.10 Å². The molecule has 1 aliphatic rings. The van der Waals surface area contributed by atoms with E-state index in [9.17, 15) is 44.3 Å². The zero-order chi connectivity index (χ0) is 28.3. The van der Waals surface area contributed by atoms with E-state index in [1.54, 1.807) is 0 Å². The number of nitrogens with one attached hydrogen (secondary N) is 1. The van der Waals surface area contributed by atoms with E-state index >= 15 is 0 Å². The molecule has 1 unspecified atom stereocenters. The lowest BCUT2D eigenvalue weighted by atomic mass is 10.0. The number of aliphatic hydroxyl groups is 1. The Kier molecular flexibility index (Phi) is 7.03. The van der Waals surface area contributed by atoms with Crippen molar-refractivity contribution in [3.63, 3.8) is 0 Å². The van der Waals surface area contributed by atoms with Gasteiger partial charge in [-0.15, -0.1) is 11.3 Å². The molecule has 2 N–H and O–H groups in total. The number of anilines is 1. The first-order valence-electron chi connectivity index (χ1n) is 10.9. The number of rotatable bonds is 5. The molecule has 0 spiro atoms. The van der Waals surface area contributed by atoms with Crippen molar-refractivity contribution in [1.82, 2.24) is 19.5 Å². The maximum absolute atomic E-state index is 13.9. The first kappa shape index (κ1) is 28.3. The number of aryl methyl sites for hydroxylation is 1. The van der Waals surface area contributed by atoms with E-state index in [0.29, 0.717) is 6.07 Å². The summed E-state index contributed by atoms with van der Waals surface area (Å²) in [4.78, 5) is 4.06. The molecule has 0 amide bonds. The van der Waals surface area contributed by atoms with Gasteiger partial charge in [0.05, 0.1) is 10.4 Å². The van der Waals surface area contributed by atoms with E-state index < -0.39 is 60.3 Å². The van der Waals surface area contributed by atoms with Crippen LogP contribution in [-0.2, 0) is 21.8 Å². The van der Waals surface area contributed by atoms with Crippen molar-refractivity contribution >= 4 is 27.0 Å². The number of nitrogens with zero attached hydrogens (tertiary/aromatic N) is 4. The molecule has 0 radical (unpaired) electrons. The van der Waals surface area contributed by atoms with Crippen molar-refractivity contribution in [2.24, 2.45) is 0 Å². The fourth-order valence-corrected chi connectivity index (χ4v) is 7.33. The van der Waals surface area contributed by atoms with Gasteiger partial charge in [-0.05, 0) is 44.2 Å². The van der Waals surface area contributed by atoms with Crippen LogP contribution in [0.25, 0.3) is 0 Å². The maximum Gasteiger partial charge on any atom is 0.429 e. The largest absolute Gasteiger partial charge is 0.429 e. The summed E-state index contributed by atoms with van der Waals surface area (Å²) in [5, 5.41) is 16.2. The highest BCUT2D eigenvalue weighted by molar-refractivity contribution is 7.91. The molecule has 1 fully saturated rings. The zero-order valence-electron chi connectivity index (χ0n) is 19.6. The van der Waals surface area contributed by atoms with Crippen molar-refractivity contribution in [1.29, 1.82) is 0 Å². The summed E-state index contributed by atoms with van der Waals surface area (Å²) in [7, 11) is -4.41. The van der Waals surface area contributed by atoms with Crippen LogP contribution in [0.1, 0.15) is 29.0 Å². The van der Waals surface area contributed by atoms with E-state index in [2.05, 4.69) is 15.2 Å². The van der Waals surface area contributed by atoms with Gasteiger partial charge in [-0.25, -0.2) is 17.8 Å². The number of piperazine rings is 1. The van der Waals surface area contributed by atoms with Gasteiger partial charge in [0.15, 0.2) is 5.82 Å². The van der Waals surface area contributed by atoms with Gasteiger partial charge in [0.1, 0.15) is 15.9 Å². The standard InChI is InChI=1S/C21H20F7N5O3S2/c1-11-10-32(15-4-3-13(22)9-14(15)20(23,24)25)7-8-33(11)38(35,36)17-6-5-16(37-17)19(34,21(26,27)28)18-29-12(2)30-31-18/h3-6,9,11,34H,7-8,10H2,1-2H3,(H,29,30,31)/t11-,19?/m1/s1. The van der Waals surface area contributed by atoms with Crippen LogP contribution in [0, 0.1) is 12.7 Å². The number of aromatic amines is 1. The van der Waals surface area contributed by atoms with Crippen molar-refractivity contribution in [3.8, 4) is 0 Å². The number of halogens is 7. The number of thiophene rings is 1. The van der Waals surface area contributed by atoms with Crippen LogP contribution in [0.5, 0.6) is 0 Å². The molecule has 2 aromatic heterocycles. The summed E-state index contributed by atoms with van der Waals surface area (Å²) in [6, 6.07) is 3.00. The number of sulfonamides is 1. The Bertz CT molecular complexity index is 1440. The third-order valence-corrected chi connectivity index (χ3v) is 9.68. The molecule has 3 aromatic rings. The molecular weight excluding hydrogens is 567 g/mol. The Morgan fingerprint density at radius 2 is 1.79 bits per heavy atom. The fraction of sp³-hybridized carbons (Fsp3) is 0.429. The van der Waals surface area contributed by atoms with Gasteiger partial charge in [0, 0.05) is 31.4 Å². The molecule has 8 nitrogen and oxygen atoms in total. The Morgan fingerprint density at radius 3 is 2.34 bits per heavy atom. The number of hydrogen-bond acceptors (Lipinski definition) is 7. The number of alkyl halides is 6. The van der Waals surface area contributed by atoms with Crippen LogP contribution in [0.3, 0.4) is 0 Å². The van der Waals surface area contributed by atoms with E-state index in [4.69, 9.17) is 0 Å².